The SMILES string of the molecule is CN=C(NCCCn1cccn1)NCc1cc(OC)c(OC)cc1OC. The smallest absolute Gasteiger partial charge is 0.191 e. The Balaban J connectivity index is 1.88. The van der Waals surface area contributed by atoms with E-state index in [-0.39, 0.29) is 0 Å². The lowest BCUT2D eigenvalue weighted by atomic mass is 10.1. The maximum absolute atomic E-state index is 5.45. The first-order valence-corrected chi connectivity index (χ1v) is 8.42. The van der Waals surface area contributed by atoms with Gasteiger partial charge in [0.05, 0.1) is 21.3 Å². The molecule has 0 fully saturated rings. The van der Waals surface area contributed by atoms with Gasteiger partial charge in [-0.05, 0) is 18.6 Å². The molecule has 1 heterocycles. The Morgan fingerprint density at radius 1 is 1.08 bits per heavy atom. The van der Waals surface area contributed by atoms with Gasteiger partial charge in [0.2, 0.25) is 0 Å². The highest BCUT2D eigenvalue weighted by atomic mass is 16.5. The fourth-order valence-corrected chi connectivity index (χ4v) is 2.51. The van der Waals surface area contributed by atoms with Crippen LogP contribution in [-0.4, -0.2) is 50.7 Å². The number of nitrogens with zero attached hydrogens (tertiary/aromatic N) is 3. The highest BCUT2D eigenvalue weighted by Gasteiger charge is 2.12. The summed E-state index contributed by atoms with van der Waals surface area (Å²) < 4.78 is 18.0. The average Bonchev–Trinajstić information content (AvgIpc) is 3.20. The number of benzene rings is 1. The van der Waals surface area contributed by atoms with Gasteiger partial charge in [0.1, 0.15) is 5.75 Å². The Hall–Kier alpha value is -2.90. The molecular weight excluding hydrogens is 334 g/mol. The van der Waals surface area contributed by atoms with Gasteiger partial charge < -0.3 is 24.8 Å². The molecule has 0 aliphatic carbocycles. The van der Waals surface area contributed by atoms with Crippen molar-refractivity contribution in [3.63, 3.8) is 0 Å². The molecular formula is C18H27N5O3. The lowest BCUT2D eigenvalue weighted by Gasteiger charge is -2.16. The molecule has 0 aliphatic rings. The summed E-state index contributed by atoms with van der Waals surface area (Å²) in [7, 11) is 6.59. The minimum atomic E-state index is 0.544. The lowest BCUT2D eigenvalue weighted by Crippen LogP contribution is -2.37. The van der Waals surface area contributed by atoms with E-state index >= 15 is 0 Å². The maximum Gasteiger partial charge on any atom is 0.191 e. The van der Waals surface area contributed by atoms with Crippen LogP contribution < -0.4 is 24.8 Å². The van der Waals surface area contributed by atoms with E-state index in [1.165, 1.54) is 0 Å². The minimum absolute atomic E-state index is 0.544. The first kappa shape index (κ1) is 19.4. The second-order valence-corrected chi connectivity index (χ2v) is 5.49. The largest absolute Gasteiger partial charge is 0.496 e. The van der Waals surface area contributed by atoms with Crippen LogP contribution in [0.4, 0.5) is 0 Å². The van der Waals surface area contributed by atoms with Crippen LogP contribution in [0.1, 0.15) is 12.0 Å². The maximum atomic E-state index is 5.45. The summed E-state index contributed by atoms with van der Waals surface area (Å²) in [4.78, 5) is 4.24. The summed E-state index contributed by atoms with van der Waals surface area (Å²) in [6.45, 7) is 2.20. The molecule has 26 heavy (non-hydrogen) atoms. The fourth-order valence-electron chi connectivity index (χ4n) is 2.51. The van der Waals surface area contributed by atoms with Gasteiger partial charge in [-0.2, -0.15) is 5.10 Å². The zero-order valence-electron chi connectivity index (χ0n) is 15.8. The van der Waals surface area contributed by atoms with Crippen LogP contribution in [0, 0.1) is 0 Å². The van der Waals surface area contributed by atoms with Crippen LogP contribution in [0.5, 0.6) is 17.2 Å². The van der Waals surface area contributed by atoms with Crippen molar-refractivity contribution in [2.45, 2.75) is 19.5 Å². The van der Waals surface area contributed by atoms with Crippen molar-refractivity contribution in [2.75, 3.05) is 34.9 Å². The zero-order valence-corrected chi connectivity index (χ0v) is 15.8. The Kier molecular flexibility index (Phi) is 7.60. The van der Waals surface area contributed by atoms with Crippen molar-refractivity contribution >= 4 is 5.96 Å². The van der Waals surface area contributed by atoms with Gasteiger partial charge >= 0.3 is 0 Å². The molecule has 1 aromatic heterocycles. The first-order valence-electron chi connectivity index (χ1n) is 8.42. The van der Waals surface area contributed by atoms with E-state index in [0.29, 0.717) is 18.0 Å². The van der Waals surface area contributed by atoms with Crippen LogP contribution in [0.15, 0.2) is 35.6 Å². The third-order valence-corrected chi connectivity index (χ3v) is 3.87. The van der Waals surface area contributed by atoms with Crippen molar-refractivity contribution in [1.29, 1.82) is 0 Å². The van der Waals surface area contributed by atoms with E-state index in [1.54, 1.807) is 34.6 Å². The normalized spacial score (nSPS) is 11.2. The minimum Gasteiger partial charge on any atom is -0.496 e. The summed E-state index contributed by atoms with van der Waals surface area (Å²) in [6, 6.07) is 5.64. The fraction of sp³-hybridized carbons (Fsp3) is 0.444. The highest BCUT2D eigenvalue weighted by Crippen LogP contribution is 2.34. The monoisotopic (exact) mass is 361 g/mol. The van der Waals surface area contributed by atoms with E-state index in [0.717, 1.165) is 36.8 Å². The number of nitrogens with one attached hydrogen (secondary N) is 2. The number of aliphatic imine (C=N–C) groups is 1. The number of hydrogen-bond donors (Lipinski definition) is 2. The molecule has 0 amide bonds. The molecule has 2 rings (SSSR count). The van der Waals surface area contributed by atoms with E-state index < -0.39 is 0 Å². The third-order valence-electron chi connectivity index (χ3n) is 3.87. The molecule has 0 unspecified atom stereocenters. The number of methoxy groups -OCH3 is 3. The molecule has 8 nitrogen and oxygen atoms in total. The van der Waals surface area contributed by atoms with Crippen molar-refractivity contribution in [3.8, 4) is 17.2 Å². The molecule has 0 bridgehead atoms. The summed E-state index contributed by atoms with van der Waals surface area (Å²) in [5.41, 5.74) is 0.949. The van der Waals surface area contributed by atoms with Crippen molar-refractivity contribution < 1.29 is 14.2 Å². The van der Waals surface area contributed by atoms with Gasteiger partial charge in [0.25, 0.3) is 0 Å². The summed E-state index contributed by atoms with van der Waals surface area (Å²) >= 11 is 0. The quantitative estimate of drug-likeness (QED) is 0.402. The summed E-state index contributed by atoms with van der Waals surface area (Å²) in [5.74, 6) is 2.74. The number of aryl methyl sites for hydroxylation is 1. The molecule has 0 spiro atoms. The summed E-state index contributed by atoms with van der Waals surface area (Å²) in [5, 5.41) is 10.8. The third kappa shape index (κ3) is 5.30. The molecule has 0 saturated heterocycles. The second kappa shape index (κ2) is 10.2. The van der Waals surface area contributed by atoms with E-state index in [2.05, 4.69) is 20.7 Å². The van der Waals surface area contributed by atoms with Gasteiger partial charge in [-0.1, -0.05) is 0 Å². The first-order chi connectivity index (χ1) is 12.7. The number of hydrogen-bond acceptors (Lipinski definition) is 5. The molecule has 2 N–H and O–H groups in total. The molecule has 2 aromatic rings. The van der Waals surface area contributed by atoms with E-state index in [4.69, 9.17) is 14.2 Å². The zero-order chi connectivity index (χ0) is 18.8. The Bertz CT molecular complexity index is 701. The number of aromatic nitrogens is 2. The van der Waals surface area contributed by atoms with Crippen molar-refractivity contribution in [2.24, 2.45) is 4.99 Å². The number of guanidine groups is 1. The molecule has 8 heteroatoms. The van der Waals surface area contributed by atoms with Gasteiger partial charge in [-0.15, -0.1) is 0 Å². The topological polar surface area (TPSA) is 81.9 Å². The highest BCUT2D eigenvalue weighted by molar-refractivity contribution is 5.79. The van der Waals surface area contributed by atoms with Crippen molar-refractivity contribution in [1.82, 2.24) is 20.4 Å². The molecule has 142 valence electrons. The van der Waals surface area contributed by atoms with Crippen LogP contribution in [0.3, 0.4) is 0 Å². The van der Waals surface area contributed by atoms with Gasteiger partial charge in [0, 0.05) is 50.7 Å². The van der Waals surface area contributed by atoms with Crippen LogP contribution in [-0.2, 0) is 13.1 Å². The average molecular weight is 361 g/mol. The number of ether oxygens (including phenoxy) is 3. The van der Waals surface area contributed by atoms with Gasteiger partial charge in [-0.25, -0.2) is 0 Å². The molecule has 0 radical (unpaired) electrons. The standard InChI is InChI=1S/C18H27N5O3/c1-19-18(20-7-5-9-23-10-6-8-22-23)21-13-14-11-16(25-3)17(26-4)12-15(14)24-2/h6,8,10-12H,5,7,9,13H2,1-4H3,(H2,19,20,21). The Morgan fingerprint density at radius 3 is 2.42 bits per heavy atom. The Labute approximate surface area is 154 Å². The van der Waals surface area contributed by atoms with Crippen LogP contribution in [0.25, 0.3) is 0 Å². The predicted octanol–water partition coefficient (Wildman–Crippen LogP) is 1.66. The summed E-state index contributed by atoms with van der Waals surface area (Å²) in [6.07, 6.45) is 4.68. The van der Waals surface area contributed by atoms with Gasteiger partial charge in [0.15, 0.2) is 17.5 Å². The molecule has 0 aliphatic heterocycles. The lowest BCUT2D eigenvalue weighted by molar-refractivity contribution is 0.347. The van der Waals surface area contributed by atoms with Gasteiger partial charge in [-0.3, -0.25) is 9.67 Å². The Morgan fingerprint density at radius 2 is 1.81 bits per heavy atom. The van der Waals surface area contributed by atoms with Crippen LogP contribution >= 0.6 is 0 Å². The molecule has 0 atom stereocenters. The molecule has 0 saturated carbocycles. The number of rotatable bonds is 9. The van der Waals surface area contributed by atoms with Crippen LogP contribution in [0.2, 0.25) is 0 Å². The predicted molar refractivity (Wildman–Crippen MR) is 101 cm³/mol. The van der Waals surface area contributed by atoms with E-state index in [1.807, 2.05) is 29.1 Å². The van der Waals surface area contributed by atoms with Crippen molar-refractivity contribution in [3.05, 3.63) is 36.2 Å². The van der Waals surface area contributed by atoms with E-state index in [9.17, 15) is 0 Å². The second-order valence-electron chi connectivity index (χ2n) is 5.49. The molecule has 1 aromatic carbocycles.